The molecule has 3 unspecified atom stereocenters. The highest BCUT2D eigenvalue weighted by Gasteiger charge is 2.36. The van der Waals surface area contributed by atoms with Gasteiger partial charge in [-0.05, 0) is 31.4 Å². The lowest BCUT2D eigenvalue weighted by atomic mass is 10.1. The third-order valence-corrected chi connectivity index (χ3v) is 3.45. The largest absolute Gasteiger partial charge is 0.373 e. The summed E-state index contributed by atoms with van der Waals surface area (Å²) >= 11 is 0. The van der Waals surface area contributed by atoms with Gasteiger partial charge < -0.3 is 14.2 Å². The summed E-state index contributed by atoms with van der Waals surface area (Å²) in [5.41, 5.74) is 0. The molecule has 0 spiro atoms. The molecule has 0 N–H and O–H groups in total. The number of carbonyl (C=O) groups excluding carboxylic acids is 1. The maximum atomic E-state index is 11.2. The monoisotopic (exact) mass is 240 g/mol. The quantitative estimate of drug-likeness (QED) is 0.688. The Kier molecular flexibility index (Phi) is 3.97. The zero-order valence-electron chi connectivity index (χ0n) is 10.5. The average molecular weight is 240 g/mol. The first kappa shape index (κ1) is 12.7. The highest BCUT2D eigenvalue weighted by Crippen LogP contribution is 2.28. The highest BCUT2D eigenvalue weighted by atomic mass is 16.7. The second kappa shape index (κ2) is 5.29. The molecule has 0 radical (unpaired) electrons. The van der Waals surface area contributed by atoms with Gasteiger partial charge in [-0.15, -0.1) is 0 Å². The Morgan fingerprint density at radius 3 is 2.76 bits per heavy atom. The Bertz CT molecular complexity index is 313. The van der Waals surface area contributed by atoms with Crippen LogP contribution in [0, 0.1) is 0 Å². The van der Waals surface area contributed by atoms with Crippen LogP contribution in [0.3, 0.4) is 0 Å². The molecular formula is C13H20O4. The van der Waals surface area contributed by atoms with Crippen molar-refractivity contribution in [3.8, 4) is 0 Å². The maximum Gasteiger partial charge on any atom is 0.195 e. The minimum absolute atomic E-state index is 0.0469. The molecule has 96 valence electrons. The Morgan fingerprint density at radius 2 is 2.24 bits per heavy atom. The number of allylic oxidation sites excluding steroid dienone is 1. The highest BCUT2D eigenvalue weighted by molar-refractivity contribution is 5.93. The number of ether oxygens (including phenoxy) is 3. The summed E-state index contributed by atoms with van der Waals surface area (Å²) in [6, 6.07) is 0. The normalized spacial score (nSPS) is 36.9. The Labute approximate surface area is 102 Å². The van der Waals surface area contributed by atoms with Gasteiger partial charge in [0, 0.05) is 7.11 Å². The van der Waals surface area contributed by atoms with Gasteiger partial charge in [0.25, 0.3) is 0 Å². The van der Waals surface area contributed by atoms with Crippen LogP contribution >= 0.6 is 0 Å². The number of carbonyl (C=O) groups is 1. The van der Waals surface area contributed by atoms with Gasteiger partial charge in [0.1, 0.15) is 0 Å². The van der Waals surface area contributed by atoms with Gasteiger partial charge in [-0.1, -0.05) is 6.92 Å². The van der Waals surface area contributed by atoms with Crippen molar-refractivity contribution in [3.63, 3.8) is 0 Å². The molecule has 0 aromatic carbocycles. The molecule has 2 aliphatic rings. The van der Waals surface area contributed by atoms with Crippen molar-refractivity contribution in [1.29, 1.82) is 0 Å². The standard InChI is InChI=1S/C13H20O4/c1-3-11-4-5-12(17-11)9-16-13(15-2)7-6-10(14)8-13/h6-7,11-12H,3-5,8-9H2,1-2H3. The molecule has 3 atom stereocenters. The van der Waals surface area contributed by atoms with Crippen LogP contribution in [-0.2, 0) is 19.0 Å². The van der Waals surface area contributed by atoms with Crippen molar-refractivity contribution in [2.24, 2.45) is 0 Å². The second-order valence-electron chi connectivity index (χ2n) is 4.67. The summed E-state index contributed by atoms with van der Waals surface area (Å²) in [5.74, 6) is -0.810. The molecule has 0 amide bonds. The molecule has 4 nitrogen and oxygen atoms in total. The number of rotatable bonds is 5. The summed E-state index contributed by atoms with van der Waals surface area (Å²) in [7, 11) is 1.56. The van der Waals surface area contributed by atoms with E-state index in [1.165, 1.54) is 6.08 Å². The van der Waals surface area contributed by atoms with Crippen molar-refractivity contribution in [2.75, 3.05) is 13.7 Å². The smallest absolute Gasteiger partial charge is 0.195 e. The van der Waals surface area contributed by atoms with Crippen LogP contribution in [0.15, 0.2) is 12.2 Å². The first-order valence-electron chi connectivity index (χ1n) is 6.24. The van der Waals surface area contributed by atoms with E-state index in [9.17, 15) is 4.79 Å². The lowest BCUT2D eigenvalue weighted by Crippen LogP contribution is -2.34. The Balaban J connectivity index is 1.81. The zero-order chi connectivity index (χ0) is 12.3. The number of methoxy groups -OCH3 is 1. The number of ketones is 1. The Morgan fingerprint density at radius 1 is 1.47 bits per heavy atom. The van der Waals surface area contributed by atoms with Crippen LogP contribution in [0.25, 0.3) is 0 Å². The van der Waals surface area contributed by atoms with E-state index < -0.39 is 5.79 Å². The molecule has 17 heavy (non-hydrogen) atoms. The van der Waals surface area contributed by atoms with Gasteiger partial charge in [0.05, 0.1) is 25.2 Å². The topological polar surface area (TPSA) is 44.8 Å². The van der Waals surface area contributed by atoms with Gasteiger partial charge in [0.2, 0.25) is 0 Å². The van der Waals surface area contributed by atoms with Crippen LogP contribution in [-0.4, -0.2) is 37.5 Å². The average Bonchev–Trinajstić information content (AvgIpc) is 2.94. The Hall–Kier alpha value is -0.710. The fraction of sp³-hybridized carbons (Fsp3) is 0.769. The minimum atomic E-state index is -0.856. The summed E-state index contributed by atoms with van der Waals surface area (Å²) < 4.78 is 16.8. The van der Waals surface area contributed by atoms with E-state index in [4.69, 9.17) is 14.2 Å². The molecular weight excluding hydrogens is 220 g/mol. The molecule has 1 saturated heterocycles. The fourth-order valence-electron chi connectivity index (χ4n) is 2.32. The predicted octanol–water partition coefficient (Wildman–Crippen LogP) is 1.83. The van der Waals surface area contributed by atoms with Gasteiger partial charge in [0.15, 0.2) is 11.6 Å². The molecule has 0 aromatic heterocycles. The third kappa shape index (κ3) is 2.94. The lowest BCUT2D eigenvalue weighted by Gasteiger charge is -2.26. The van der Waals surface area contributed by atoms with Gasteiger partial charge in [-0.2, -0.15) is 0 Å². The van der Waals surface area contributed by atoms with E-state index in [0.29, 0.717) is 12.7 Å². The van der Waals surface area contributed by atoms with E-state index in [0.717, 1.165) is 19.3 Å². The van der Waals surface area contributed by atoms with Crippen molar-refractivity contribution < 1.29 is 19.0 Å². The van der Waals surface area contributed by atoms with Crippen molar-refractivity contribution in [2.45, 2.75) is 50.6 Å². The molecule has 0 bridgehead atoms. The lowest BCUT2D eigenvalue weighted by molar-refractivity contribution is -0.201. The third-order valence-electron chi connectivity index (χ3n) is 3.45. The molecule has 1 aliphatic heterocycles. The first-order chi connectivity index (χ1) is 8.17. The maximum absolute atomic E-state index is 11.2. The van der Waals surface area contributed by atoms with Crippen LogP contribution in [0.1, 0.15) is 32.6 Å². The molecule has 1 fully saturated rings. The van der Waals surface area contributed by atoms with Crippen molar-refractivity contribution in [1.82, 2.24) is 0 Å². The second-order valence-corrected chi connectivity index (χ2v) is 4.67. The summed E-state index contributed by atoms with van der Waals surface area (Å²) in [6.07, 6.45) is 7.15. The minimum Gasteiger partial charge on any atom is -0.373 e. The van der Waals surface area contributed by atoms with Gasteiger partial charge >= 0.3 is 0 Å². The molecule has 0 saturated carbocycles. The summed E-state index contributed by atoms with van der Waals surface area (Å²) in [5, 5.41) is 0. The van der Waals surface area contributed by atoms with E-state index in [-0.39, 0.29) is 18.3 Å². The van der Waals surface area contributed by atoms with Crippen LogP contribution in [0.5, 0.6) is 0 Å². The summed E-state index contributed by atoms with van der Waals surface area (Å²) in [6.45, 7) is 2.62. The molecule has 2 rings (SSSR count). The van der Waals surface area contributed by atoms with E-state index in [1.54, 1.807) is 13.2 Å². The van der Waals surface area contributed by atoms with Gasteiger partial charge in [-0.25, -0.2) is 0 Å². The first-order valence-corrected chi connectivity index (χ1v) is 6.24. The molecule has 0 aromatic rings. The van der Waals surface area contributed by atoms with Crippen LogP contribution in [0.4, 0.5) is 0 Å². The van der Waals surface area contributed by atoms with Gasteiger partial charge in [-0.3, -0.25) is 4.79 Å². The van der Waals surface area contributed by atoms with E-state index in [2.05, 4.69) is 6.92 Å². The van der Waals surface area contributed by atoms with E-state index >= 15 is 0 Å². The van der Waals surface area contributed by atoms with E-state index in [1.807, 2.05) is 0 Å². The van der Waals surface area contributed by atoms with Crippen molar-refractivity contribution >= 4 is 5.78 Å². The predicted molar refractivity (Wildman–Crippen MR) is 62.6 cm³/mol. The van der Waals surface area contributed by atoms with Crippen LogP contribution < -0.4 is 0 Å². The SMILES string of the molecule is CCC1CCC(COC2(OC)C=CC(=O)C2)O1. The number of hydrogen-bond donors (Lipinski definition) is 0. The van der Waals surface area contributed by atoms with Crippen molar-refractivity contribution in [3.05, 3.63) is 12.2 Å². The zero-order valence-corrected chi connectivity index (χ0v) is 10.5. The molecule has 1 heterocycles. The fourth-order valence-corrected chi connectivity index (χ4v) is 2.32. The summed E-state index contributed by atoms with van der Waals surface area (Å²) in [4.78, 5) is 11.2. The molecule has 1 aliphatic carbocycles. The number of hydrogen-bond acceptors (Lipinski definition) is 4. The van der Waals surface area contributed by atoms with Crippen LogP contribution in [0.2, 0.25) is 0 Å². The molecule has 4 heteroatoms.